The first-order valence-corrected chi connectivity index (χ1v) is 4.53. The van der Waals surface area contributed by atoms with Crippen LogP contribution >= 0.6 is 0 Å². The van der Waals surface area contributed by atoms with Crippen LogP contribution in [0.4, 0.5) is 0 Å². The summed E-state index contributed by atoms with van der Waals surface area (Å²) < 4.78 is 4.49. The van der Waals surface area contributed by atoms with Crippen molar-refractivity contribution in [2.24, 2.45) is 0 Å². The highest BCUT2D eigenvalue weighted by Crippen LogP contribution is 2.00. The lowest BCUT2D eigenvalue weighted by atomic mass is 10.2. The van der Waals surface area contributed by atoms with Gasteiger partial charge in [-0.15, -0.1) is 0 Å². The van der Waals surface area contributed by atoms with Gasteiger partial charge in [-0.1, -0.05) is 31.9 Å². The largest absolute Gasteiger partial charge is 0.469 e. The van der Waals surface area contributed by atoms with Crippen molar-refractivity contribution < 1.29 is 9.53 Å². The maximum absolute atomic E-state index is 10.6. The topological polar surface area (TPSA) is 26.3 Å². The van der Waals surface area contributed by atoms with Gasteiger partial charge in [-0.3, -0.25) is 4.79 Å². The van der Waals surface area contributed by atoms with Crippen molar-refractivity contribution in [3.05, 3.63) is 12.2 Å². The van der Waals surface area contributed by atoms with E-state index in [1.54, 1.807) is 0 Å². The van der Waals surface area contributed by atoms with Gasteiger partial charge in [-0.2, -0.15) is 0 Å². The van der Waals surface area contributed by atoms with Crippen LogP contribution in [0.25, 0.3) is 0 Å². The molecule has 0 saturated carbocycles. The highest BCUT2D eigenvalue weighted by atomic mass is 16.5. The number of hydrogen-bond acceptors (Lipinski definition) is 2. The Balaban J connectivity index is 3.19. The van der Waals surface area contributed by atoms with Gasteiger partial charge in [0.05, 0.1) is 13.5 Å². The summed E-state index contributed by atoms with van der Waals surface area (Å²) in [6.07, 6.45) is 9.13. The third-order valence-electron chi connectivity index (χ3n) is 1.65. The average molecular weight is 170 g/mol. The summed E-state index contributed by atoms with van der Waals surface area (Å²) in [5.74, 6) is -0.165. The highest BCUT2D eigenvalue weighted by molar-refractivity contribution is 5.70. The van der Waals surface area contributed by atoms with E-state index in [9.17, 15) is 4.79 Å². The zero-order valence-electron chi connectivity index (χ0n) is 8.01. The van der Waals surface area contributed by atoms with E-state index in [1.165, 1.54) is 26.4 Å². The quantitative estimate of drug-likeness (QED) is 0.348. The first kappa shape index (κ1) is 11.2. The van der Waals surface area contributed by atoms with E-state index in [2.05, 4.69) is 11.7 Å². The third-order valence-corrected chi connectivity index (χ3v) is 1.65. The predicted octanol–water partition coefficient (Wildman–Crippen LogP) is 2.69. The molecule has 0 rings (SSSR count). The Morgan fingerprint density at radius 2 is 2.08 bits per heavy atom. The molecule has 0 aliphatic rings. The van der Waals surface area contributed by atoms with E-state index in [0.717, 1.165) is 6.42 Å². The molecule has 2 heteroatoms. The maximum Gasteiger partial charge on any atom is 0.309 e. The summed E-state index contributed by atoms with van der Waals surface area (Å²) in [6.45, 7) is 2.18. The molecule has 0 heterocycles. The number of rotatable bonds is 6. The summed E-state index contributed by atoms with van der Waals surface area (Å²) in [6, 6.07) is 0. The van der Waals surface area contributed by atoms with E-state index >= 15 is 0 Å². The Morgan fingerprint density at radius 1 is 1.33 bits per heavy atom. The van der Waals surface area contributed by atoms with Crippen molar-refractivity contribution in [1.29, 1.82) is 0 Å². The molecule has 0 N–H and O–H groups in total. The Morgan fingerprint density at radius 3 is 2.67 bits per heavy atom. The molecule has 0 aliphatic carbocycles. The molecule has 70 valence electrons. The van der Waals surface area contributed by atoms with E-state index in [0.29, 0.717) is 6.42 Å². The van der Waals surface area contributed by atoms with Crippen LogP contribution in [0.15, 0.2) is 12.2 Å². The molecule has 0 aromatic rings. The molecule has 0 aromatic carbocycles. The lowest BCUT2D eigenvalue weighted by Gasteiger charge is -1.93. The van der Waals surface area contributed by atoms with Crippen LogP contribution in [0, 0.1) is 0 Å². The fraction of sp³-hybridized carbons (Fsp3) is 0.700. The minimum absolute atomic E-state index is 0.165. The standard InChI is InChI=1S/C10H18O2/c1-3-4-5-6-7-8-9-10(11)12-2/h7-8H,3-6,9H2,1-2H3/b8-7+. The number of carbonyl (C=O) groups excluding carboxylic acids is 1. The minimum Gasteiger partial charge on any atom is -0.469 e. The number of hydrogen-bond donors (Lipinski definition) is 0. The molecule has 0 unspecified atom stereocenters. The first-order valence-electron chi connectivity index (χ1n) is 4.53. The molecule has 0 saturated heterocycles. The average Bonchev–Trinajstić information content (AvgIpc) is 2.10. The smallest absolute Gasteiger partial charge is 0.309 e. The SMILES string of the molecule is CCCCC/C=C/CC(=O)OC. The van der Waals surface area contributed by atoms with Gasteiger partial charge < -0.3 is 4.74 Å². The zero-order chi connectivity index (χ0) is 9.23. The first-order chi connectivity index (χ1) is 5.81. The number of carbonyl (C=O) groups is 1. The van der Waals surface area contributed by atoms with Gasteiger partial charge in [0.15, 0.2) is 0 Å². The van der Waals surface area contributed by atoms with Crippen LogP contribution in [-0.2, 0) is 9.53 Å². The second-order valence-corrected chi connectivity index (χ2v) is 2.75. The van der Waals surface area contributed by atoms with E-state index in [-0.39, 0.29) is 5.97 Å². The number of ether oxygens (including phenoxy) is 1. The Hall–Kier alpha value is -0.790. The lowest BCUT2D eigenvalue weighted by molar-refractivity contribution is -0.139. The molecule has 0 amide bonds. The summed E-state index contributed by atoms with van der Waals surface area (Å²) in [5.41, 5.74) is 0. The molecule has 0 spiro atoms. The highest BCUT2D eigenvalue weighted by Gasteiger charge is 1.92. The number of methoxy groups -OCH3 is 1. The normalized spacial score (nSPS) is 10.5. The van der Waals surface area contributed by atoms with E-state index in [4.69, 9.17) is 0 Å². The fourth-order valence-corrected chi connectivity index (χ4v) is 0.893. The minimum atomic E-state index is -0.165. The van der Waals surface area contributed by atoms with Gasteiger partial charge in [0.1, 0.15) is 0 Å². The molecule has 2 nitrogen and oxygen atoms in total. The van der Waals surface area contributed by atoms with Crippen molar-refractivity contribution in [1.82, 2.24) is 0 Å². The lowest BCUT2D eigenvalue weighted by Crippen LogP contribution is -1.96. The molecule has 0 aromatic heterocycles. The van der Waals surface area contributed by atoms with Gasteiger partial charge in [0, 0.05) is 0 Å². The van der Waals surface area contributed by atoms with Gasteiger partial charge in [0.2, 0.25) is 0 Å². The van der Waals surface area contributed by atoms with Crippen LogP contribution in [-0.4, -0.2) is 13.1 Å². The number of unbranched alkanes of at least 4 members (excludes halogenated alkanes) is 3. The maximum atomic E-state index is 10.6. The summed E-state index contributed by atoms with van der Waals surface area (Å²) in [7, 11) is 1.41. The number of allylic oxidation sites excluding steroid dienone is 1. The van der Waals surface area contributed by atoms with Crippen LogP contribution in [0.2, 0.25) is 0 Å². The van der Waals surface area contributed by atoms with Crippen LogP contribution < -0.4 is 0 Å². The predicted molar refractivity (Wildman–Crippen MR) is 49.9 cm³/mol. The van der Waals surface area contributed by atoms with Crippen molar-refractivity contribution in [2.45, 2.75) is 39.0 Å². The Bertz CT molecular complexity index is 139. The molecular formula is C10H18O2. The van der Waals surface area contributed by atoms with Crippen molar-refractivity contribution in [3.63, 3.8) is 0 Å². The van der Waals surface area contributed by atoms with Crippen molar-refractivity contribution in [3.8, 4) is 0 Å². The second kappa shape index (κ2) is 8.31. The molecule has 0 radical (unpaired) electrons. The Kier molecular flexibility index (Phi) is 7.76. The summed E-state index contributed by atoms with van der Waals surface area (Å²) in [4.78, 5) is 10.6. The molecule has 0 atom stereocenters. The van der Waals surface area contributed by atoms with Crippen LogP contribution in [0.1, 0.15) is 39.0 Å². The van der Waals surface area contributed by atoms with Gasteiger partial charge >= 0.3 is 5.97 Å². The summed E-state index contributed by atoms with van der Waals surface area (Å²) in [5, 5.41) is 0. The zero-order valence-corrected chi connectivity index (χ0v) is 8.01. The molecule has 12 heavy (non-hydrogen) atoms. The van der Waals surface area contributed by atoms with Crippen molar-refractivity contribution in [2.75, 3.05) is 7.11 Å². The van der Waals surface area contributed by atoms with Gasteiger partial charge in [0.25, 0.3) is 0 Å². The van der Waals surface area contributed by atoms with Gasteiger partial charge in [-0.25, -0.2) is 0 Å². The molecule has 0 fully saturated rings. The van der Waals surface area contributed by atoms with Gasteiger partial charge in [-0.05, 0) is 12.8 Å². The Labute approximate surface area is 74.6 Å². The van der Waals surface area contributed by atoms with Crippen molar-refractivity contribution >= 4 is 5.97 Å². The molecule has 0 bridgehead atoms. The van der Waals surface area contributed by atoms with Crippen LogP contribution in [0.5, 0.6) is 0 Å². The number of esters is 1. The monoisotopic (exact) mass is 170 g/mol. The fourth-order valence-electron chi connectivity index (χ4n) is 0.893. The van der Waals surface area contributed by atoms with Crippen LogP contribution in [0.3, 0.4) is 0 Å². The second-order valence-electron chi connectivity index (χ2n) is 2.75. The molecular weight excluding hydrogens is 152 g/mol. The van der Waals surface area contributed by atoms with E-state index < -0.39 is 0 Å². The van der Waals surface area contributed by atoms with E-state index in [1.807, 2.05) is 12.2 Å². The summed E-state index contributed by atoms with van der Waals surface area (Å²) >= 11 is 0. The molecule has 0 aliphatic heterocycles. The third kappa shape index (κ3) is 7.32.